The minimum absolute atomic E-state index is 0.0733. The molecule has 0 spiro atoms. The van der Waals surface area contributed by atoms with Crippen molar-refractivity contribution in [2.24, 2.45) is 0 Å². The Balaban J connectivity index is 1.26. The maximum Gasteiger partial charge on any atom is 0.231 e. The van der Waals surface area contributed by atoms with Gasteiger partial charge in [-0.15, -0.1) is 10.2 Å². The topological polar surface area (TPSA) is 86.2 Å². The van der Waals surface area contributed by atoms with E-state index in [-0.39, 0.29) is 18.5 Å². The van der Waals surface area contributed by atoms with Crippen molar-refractivity contribution in [3.8, 4) is 22.8 Å². The smallest absolute Gasteiger partial charge is 0.231 e. The third-order valence-electron chi connectivity index (χ3n) is 3.88. The normalized spacial score (nSPS) is 12.0. The average molecular weight is 380 g/mol. The zero-order valence-corrected chi connectivity index (χ0v) is 15.1. The first kappa shape index (κ1) is 17.3. The summed E-state index contributed by atoms with van der Waals surface area (Å²) in [5, 5.41) is 11.9. The average Bonchev–Trinajstić information content (AvgIpc) is 3.19. The van der Waals surface area contributed by atoms with Crippen molar-refractivity contribution >= 4 is 17.7 Å². The van der Waals surface area contributed by atoms with E-state index in [0.29, 0.717) is 17.3 Å². The second-order valence-corrected chi connectivity index (χ2v) is 6.75. The summed E-state index contributed by atoms with van der Waals surface area (Å²) in [7, 11) is 0. The number of fused-ring (bicyclic) bond motifs is 1. The molecule has 3 aromatic rings. The van der Waals surface area contributed by atoms with Crippen molar-refractivity contribution in [2.45, 2.75) is 11.6 Å². The Morgan fingerprint density at radius 3 is 2.85 bits per heavy atom. The first-order valence-electron chi connectivity index (χ1n) is 8.30. The number of thioether (sulfide) groups is 1. The van der Waals surface area contributed by atoms with Crippen LogP contribution in [0.3, 0.4) is 0 Å². The number of aromatic nitrogens is 3. The quantitative estimate of drug-likeness (QED) is 0.658. The molecule has 1 aliphatic heterocycles. The van der Waals surface area contributed by atoms with E-state index in [2.05, 4.69) is 20.5 Å². The summed E-state index contributed by atoms with van der Waals surface area (Å²) < 4.78 is 10.6. The van der Waals surface area contributed by atoms with Gasteiger partial charge in [0.2, 0.25) is 12.7 Å². The van der Waals surface area contributed by atoms with Crippen LogP contribution >= 0.6 is 11.8 Å². The summed E-state index contributed by atoms with van der Waals surface area (Å²) in [5.41, 5.74) is 2.61. The van der Waals surface area contributed by atoms with Crippen molar-refractivity contribution < 1.29 is 14.3 Å². The number of pyridine rings is 1. The zero-order valence-electron chi connectivity index (χ0n) is 14.3. The summed E-state index contributed by atoms with van der Waals surface area (Å²) in [6.45, 7) is 0.671. The number of hydrogen-bond acceptors (Lipinski definition) is 7. The van der Waals surface area contributed by atoms with Gasteiger partial charge < -0.3 is 14.8 Å². The molecule has 4 rings (SSSR count). The molecular weight excluding hydrogens is 364 g/mol. The van der Waals surface area contributed by atoms with E-state index in [9.17, 15) is 4.79 Å². The Morgan fingerprint density at radius 2 is 2.04 bits per heavy atom. The molecule has 0 unspecified atom stereocenters. The second-order valence-electron chi connectivity index (χ2n) is 5.75. The first-order valence-corrected chi connectivity index (χ1v) is 9.29. The van der Waals surface area contributed by atoms with Crippen LogP contribution in [-0.2, 0) is 11.3 Å². The molecule has 3 heterocycles. The molecule has 0 aliphatic carbocycles. The van der Waals surface area contributed by atoms with Gasteiger partial charge in [0.25, 0.3) is 0 Å². The molecule has 0 saturated carbocycles. The van der Waals surface area contributed by atoms with Crippen molar-refractivity contribution in [1.82, 2.24) is 20.5 Å². The number of hydrogen-bond donors (Lipinski definition) is 1. The van der Waals surface area contributed by atoms with E-state index in [1.807, 2.05) is 42.5 Å². The molecular formula is C19H16N4O3S. The molecule has 136 valence electrons. The molecule has 0 fully saturated rings. The Hall–Kier alpha value is -3.13. The highest BCUT2D eigenvalue weighted by atomic mass is 32.2. The zero-order chi connectivity index (χ0) is 18.5. The fourth-order valence-corrected chi connectivity index (χ4v) is 3.15. The number of amides is 1. The third kappa shape index (κ3) is 4.35. The molecule has 1 N–H and O–H groups in total. The van der Waals surface area contributed by atoms with Gasteiger partial charge in [-0.2, -0.15) is 0 Å². The third-order valence-corrected chi connectivity index (χ3v) is 4.80. The summed E-state index contributed by atoms with van der Waals surface area (Å²) in [6.07, 6.45) is 3.45. The van der Waals surface area contributed by atoms with Crippen LogP contribution in [0.25, 0.3) is 11.3 Å². The van der Waals surface area contributed by atoms with Gasteiger partial charge >= 0.3 is 0 Å². The molecule has 2 aromatic heterocycles. The van der Waals surface area contributed by atoms with Gasteiger partial charge in [0.15, 0.2) is 11.5 Å². The molecule has 27 heavy (non-hydrogen) atoms. The highest BCUT2D eigenvalue weighted by Crippen LogP contribution is 2.32. The van der Waals surface area contributed by atoms with Gasteiger partial charge in [-0.05, 0) is 42.0 Å². The number of rotatable bonds is 6. The molecule has 1 aromatic carbocycles. The van der Waals surface area contributed by atoms with Crippen LogP contribution in [0.2, 0.25) is 0 Å². The van der Waals surface area contributed by atoms with Crippen LogP contribution in [0.4, 0.5) is 0 Å². The summed E-state index contributed by atoms with van der Waals surface area (Å²) in [6, 6.07) is 13.1. The molecule has 0 bridgehead atoms. The minimum atomic E-state index is -0.0733. The number of carbonyl (C=O) groups is 1. The van der Waals surface area contributed by atoms with Gasteiger partial charge in [0, 0.05) is 24.5 Å². The van der Waals surface area contributed by atoms with Gasteiger partial charge in [0.05, 0.1) is 11.4 Å². The lowest BCUT2D eigenvalue weighted by Crippen LogP contribution is -2.24. The van der Waals surface area contributed by atoms with Crippen LogP contribution in [-0.4, -0.2) is 33.6 Å². The number of ether oxygens (including phenoxy) is 2. The molecule has 0 radical (unpaired) electrons. The van der Waals surface area contributed by atoms with Crippen LogP contribution in [0.5, 0.6) is 11.5 Å². The maximum absolute atomic E-state index is 12.1. The number of nitrogens with one attached hydrogen (secondary N) is 1. The maximum atomic E-state index is 12.1. The van der Waals surface area contributed by atoms with Crippen LogP contribution in [0.1, 0.15) is 5.56 Å². The fraction of sp³-hybridized carbons (Fsp3) is 0.158. The molecule has 1 amide bonds. The predicted molar refractivity (Wildman–Crippen MR) is 100 cm³/mol. The highest BCUT2D eigenvalue weighted by molar-refractivity contribution is 7.99. The lowest BCUT2D eigenvalue weighted by molar-refractivity contribution is -0.118. The van der Waals surface area contributed by atoms with Gasteiger partial charge in [-0.25, -0.2) is 0 Å². The van der Waals surface area contributed by atoms with E-state index >= 15 is 0 Å². The van der Waals surface area contributed by atoms with Gasteiger partial charge in [-0.3, -0.25) is 9.78 Å². The van der Waals surface area contributed by atoms with E-state index in [1.165, 1.54) is 11.8 Å². The van der Waals surface area contributed by atoms with Crippen LogP contribution in [0.15, 0.2) is 59.9 Å². The van der Waals surface area contributed by atoms with E-state index in [1.54, 1.807) is 12.4 Å². The van der Waals surface area contributed by atoms with Crippen molar-refractivity contribution in [3.05, 3.63) is 60.4 Å². The first-order chi connectivity index (χ1) is 13.3. The van der Waals surface area contributed by atoms with Crippen molar-refractivity contribution in [2.75, 3.05) is 12.5 Å². The van der Waals surface area contributed by atoms with Crippen molar-refractivity contribution in [3.63, 3.8) is 0 Å². The lowest BCUT2D eigenvalue weighted by atomic mass is 10.2. The van der Waals surface area contributed by atoms with Gasteiger partial charge in [0.1, 0.15) is 5.03 Å². The Bertz CT molecular complexity index is 935. The fourth-order valence-electron chi connectivity index (χ4n) is 2.51. The monoisotopic (exact) mass is 380 g/mol. The largest absolute Gasteiger partial charge is 0.454 e. The van der Waals surface area contributed by atoms with E-state index in [0.717, 1.165) is 22.6 Å². The molecule has 1 aliphatic rings. The Morgan fingerprint density at radius 1 is 1.11 bits per heavy atom. The van der Waals surface area contributed by atoms with E-state index < -0.39 is 0 Å². The Labute approximate surface area is 160 Å². The van der Waals surface area contributed by atoms with Crippen LogP contribution in [0, 0.1) is 0 Å². The number of carbonyl (C=O) groups excluding carboxylic acids is 1. The highest BCUT2D eigenvalue weighted by Gasteiger charge is 2.13. The summed E-state index contributed by atoms with van der Waals surface area (Å²) >= 11 is 1.34. The second kappa shape index (κ2) is 8.05. The SMILES string of the molecule is O=C(CSc1ccc(-c2cccnc2)nn1)NCc1ccc2c(c1)OCO2. The summed E-state index contributed by atoms with van der Waals surface area (Å²) in [4.78, 5) is 16.1. The van der Waals surface area contributed by atoms with Crippen molar-refractivity contribution in [1.29, 1.82) is 0 Å². The molecule has 7 nitrogen and oxygen atoms in total. The van der Waals surface area contributed by atoms with Crippen LogP contribution < -0.4 is 14.8 Å². The standard InChI is InChI=1S/C19H16N4O3S/c24-18(21-9-13-3-5-16-17(8-13)26-12-25-16)11-27-19-6-4-15(22-23-19)14-2-1-7-20-10-14/h1-8,10H,9,11-12H2,(H,21,24). The number of nitrogens with zero attached hydrogens (tertiary/aromatic N) is 3. The minimum Gasteiger partial charge on any atom is -0.454 e. The Kier molecular flexibility index (Phi) is 5.15. The molecule has 0 saturated heterocycles. The molecule has 8 heteroatoms. The lowest BCUT2D eigenvalue weighted by Gasteiger charge is -2.06. The summed E-state index contributed by atoms with van der Waals surface area (Å²) in [5.74, 6) is 1.63. The van der Waals surface area contributed by atoms with Gasteiger partial charge in [-0.1, -0.05) is 17.8 Å². The van der Waals surface area contributed by atoms with E-state index in [4.69, 9.17) is 9.47 Å². The number of benzene rings is 1. The molecule has 0 atom stereocenters. The predicted octanol–water partition coefficient (Wildman–Crippen LogP) is 2.68.